The fourth-order valence-corrected chi connectivity index (χ4v) is 3.20. The third-order valence-electron chi connectivity index (χ3n) is 3.19. The van der Waals surface area contributed by atoms with Gasteiger partial charge in [0.15, 0.2) is 0 Å². The van der Waals surface area contributed by atoms with E-state index in [1.165, 1.54) is 11.3 Å². The standard InChI is InChI=1S/C15H19Br2N3/c1-3-8-18-14(11-6-5-7-12(16)9-11)15-13(17)10-19-20(15)4-2/h5-7,9-10,14,18H,3-4,8H2,1-2H3. The van der Waals surface area contributed by atoms with E-state index in [0.29, 0.717) is 0 Å². The van der Waals surface area contributed by atoms with E-state index in [2.05, 4.69) is 74.3 Å². The van der Waals surface area contributed by atoms with E-state index in [-0.39, 0.29) is 6.04 Å². The van der Waals surface area contributed by atoms with Crippen molar-refractivity contribution in [1.82, 2.24) is 15.1 Å². The van der Waals surface area contributed by atoms with E-state index in [0.717, 1.165) is 28.5 Å². The first-order valence-electron chi connectivity index (χ1n) is 6.87. The van der Waals surface area contributed by atoms with Crippen LogP contribution in [0.1, 0.15) is 37.6 Å². The van der Waals surface area contributed by atoms with Crippen molar-refractivity contribution >= 4 is 31.9 Å². The van der Waals surface area contributed by atoms with Crippen molar-refractivity contribution < 1.29 is 0 Å². The molecule has 0 saturated heterocycles. The van der Waals surface area contributed by atoms with E-state index in [1.807, 2.05) is 16.9 Å². The Morgan fingerprint density at radius 1 is 1.30 bits per heavy atom. The first-order chi connectivity index (χ1) is 9.67. The molecule has 0 saturated carbocycles. The molecular formula is C15H19Br2N3. The lowest BCUT2D eigenvalue weighted by molar-refractivity contribution is 0.528. The summed E-state index contributed by atoms with van der Waals surface area (Å²) in [7, 11) is 0. The molecule has 1 aromatic carbocycles. The summed E-state index contributed by atoms with van der Waals surface area (Å²) in [6, 6.07) is 8.57. The fraction of sp³-hybridized carbons (Fsp3) is 0.400. The number of aryl methyl sites for hydroxylation is 1. The molecule has 2 rings (SSSR count). The van der Waals surface area contributed by atoms with Gasteiger partial charge in [-0.2, -0.15) is 5.10 Å². The van der Waals surface area contributed by atoms with Crippen molar-refractivity contribution in [2.75, 3.05) is 6.54 Å². The van der Waals surface area contributed by atoms with Crippen LogP contribution in [0.5, 0.6) is 0 Å². The van der Waals surface area contributed by atoms with Gasteiger partial charge in [0.1, 0.15) is 0 Å². The zero-order valence-electron chi connectivity index (χ0n) is 11.7. The van der Waals surface area contributed by atoms with Crippen LogP contribution in [-0.4, -0.2) is 16.3 Å². The van der Waals surface area contributed by atoms with E-state index in [1.54, 1.807) is 0 Å². The van der Waals surface area contributed by atoms with Crippen LogP contribution in [0.3, 0.4) is 0 Å². The molecule has 20 heavy (non-hydrogen) atoms. The second kappa shape index (κ2) is 7.38. The topological polar surface area (TPSA) is 29.9 Å². The van der Waals surface area contributed by atoms with Gasteiger partial charge in [-0.1, -0.05) is 35.0 Å². The minimum absolute atomic E-state index is 0.143. The lowest BCUT2D eigenvalue weighted by Gasteiger charge is -2.21. The second-order valence-electron chi connectivity index (χ2n) is 4.64. The lowest BCUT2D eigenvalue weighted by atomic mass is 10.0. The highest BCUT2D eigenvalue weighted by Gasteiger charge is 2.21. The van der Waals surface area contributed by atoms with Gasteiger partial charge in [-0.25, -0.2) is 0 Å². The molecule has 1 unspecified atom stereocenters. The quantitative estimate of drug-likeness (QED) is 0.772. The van der Waals surface area contributed by atoms with Crippen molar-refractivity contribution in [3.63, 3.8) is 0 Å². The first-order valence-corrected chi connectivity index (χ1v) is 8.46. The zero-order chi connectivity index (χ0) is 14.5. The number of rotatable bonds is 6. The Morgan fingerprint density at radius 2 is 2.10 bits per heavy atom. The van der Waals surface area contributed by atoms with Crippen LogP contribution in [0.15, 0.2) is 39.4 Å². The third-order valence-corrected chi connectivity index (χ3v) is 4.29. The molecule has 0 fully saturated rings. The highest BCUT2D eigenvalue weighted by molar-refractivity contribution is 9.10. The maximum Gasteiger partial charge on any atom is 0.0760 e. The van der Waals surface area contributed by atoms with Gasteiger partial charge in [0.25, 0.3) is 0 Å². The number of hydrogen-bond acceptors (Lipinski definition) is 2. The summed E-state index contributed by atoms with van der Waals surface area (Å²) < 4.78 is 4.18. The summed E-state index contributed by atoms with van der Waals surface area (Å²) in [6.45, 7) is 6.12. The molecule has 1 heterocycles. The number of aromatic nitrogens is 2. The van der Waals surface area contributed by atoms with Crippen LogP contribution in [0.25, 0.3) is 0 Å². The Balaban J connectivity index is 2.44. The molecule has 2 aromatic rings. The molecule has 5 heteroatoms. The minimum atomic E-state index is 0.143. The van der Waals surface area contributed by atoms with Gasteiger partial charge >= 0.3 is 0 Å². The number of nitrogens with one attached hydrogen (secondary N) is 1. The average molecular weight is 401 g/mol. The molecular weight excluding hydrogens is 382 g/mol. The minimum Gasteiger partial charge on any atom is -0.305 e. The zero-order valence-corrected chi connectivity index (χ0v) is 14.9. The second-order valence-corrected chi connectivity index (χ2v) is 6.41. The predicted molar refractivity (Wildman–Crippen MR) is 89.9 cm³/mol. The van der Waals surface area contributed by atoms with Crippen molar-refractivity contribution in [2.24, 2.45) is 0 Å². The lowest BCUT2D eigenvalue weighted by Crippen LogP contribution is -2.26. The normalized spacial score (nSPS) is 12.6. The third kappa shape index (κ3) is 3.51. The SMILES string of the molecule is CCCNC(c1cccc(Br)c1)c1c(Br)cnn1CC. The Bertz CT molecular complexity index is 566. The van der Waals surface area contributed by atoms with Crippen LogP contribution < -0.4 is 5.32 Å². The molecule has 0 aliphatic heterocycles. The monoisotopic (exact) mass is 399 g/mol. The number of hydrogen-bond donors (Lipinski definition) is 1. The van der Waals surface area contributed by atoms with Gasteiger partial charge in [-0.15, -0.1) is 0 Å². The molecule has 0 aliphatic rings. The van der Waals surface area contributed by atoms with Gasteiger partial charge in [0, 0.05) is 11.0 Å². The van der Waals surface area contributed by atoms with Gasteiger partial charge in [0.05, 0.1) is 22.4 Å². The largest absolute Gasteiger partial charge is 0.305 e. The molecule has 1 N–H and O–H groups in total. The molecule has 1 aromatic heterocycles. The average Bonchev–Trinajstić information content (AvgIpc) is 2.81. The smallest absolute Gasteiger partial charge is 0.0760 e. The summed E-state index contributed by atoms with van der Waals surface area (Å²) in [5.41, 5.74) is 2.42. The summed E-state index contributed by atoms with van der Waals surface area (Å²) in [4.78, 5) is 0. The van der Waals surface area contributed by atoms with Crippen LogP contribution >= 0.6 is 31.9 Å². The summed E-state index contributed by atoms with van der Waals surface area (Å²) >= 11 is 7.19. The van der Waals surface area contributed by atoms with Crippen LogP contribution in [0.4, 0.5) is 0 Å². The summed E-state index contributed by atoms with van der Waals surface area (Å²) in [6.07, 6.45) is 2.97. The highest BCUT2D eigenvalue weighted by atomic mass is 79.9. The molecule has 0 aliphatic carbocycles. The summed E-state index contributed by atoms with van der Waals surface area (Å²) in [5, 5.41) is 8.05. The molecule has 0 bridgehead atoms. The van der Waals surface area contributed by atoms with E-state index < -0.39 is 0 Å². The van der Waals surface area contributed by atoms with Crippen molar-refractivity contribution in [3.8, 4) is 0 Å². The highest BCUT2D eigenvalue weighted by Crippen LogP contribution is 2.30. The number of benzene rings is 1. The predicted octanol–water partition coefficient (Wildman–Crippen LogP) is 4.52. The molecule has 108 valence electrons. The maximum absolute atomic E-state index is 4.43. The Labute approximate surface area is 137 Å². The van der Waals surface area contributed by atoms with Crippen LogP contribution in [0.2, 0.25) is 0 Å². The van der Waals surface area contributed by atoms with Gasteiger partial charge in [-0.05, 0) is 53.5 Å². The van der Waals surface area contributed by atoms with Crippen molar-refractivity contribution in [1.29, 1.82) is 0 Å². The fourth-order valence-electron chi connectivity index (χ4n) is 2.26. The molecule has 0 amide bonds. The van der Waals surface area contributed by atoms with Crippen LogP contribution in [0, 0.1) is 0 Å². The molecule has 0 spiro atoms. The Morgan fingerprint density at radius 3 is 2.75 bits per heavy atom. The van der Waals surface area contributed by atoms with Crippen LogP contribution in [-0.2, 0) is 6.54 Å². The molecule has 3 nitrogen and oxygen atoms in total. The van der Waals surface area contributed by atoms with Gasteiger partial charge < -0.3 is 5.32 Å². The maximum atomic E-state index is 4.43. The van der Waals surface area contributed by atoms with Crippen molar-refractivity contribution in [2.45, 2.75) is 32.9 Å². The molecule has 0 radical (unpaired) electrons. The van der Waals surface area contributed by atoms with E-state index in [9.17, 15) is 0 Å². The van der Waals surface area contributed by atoms with E-state index >= 15 is 0 Å². The molecule has 1 atom stereocenters. The Kier molecular flexibility index (Phi) is 5.81. The van der Waals surface area contributed by atoms with E-state index in [4.69, 9.17) is 0 Å². The van der Waals surface area contributed by atoms with Crippen molar-refractivity contribution in [3.05, 3.63) is 50.7 Å². The van der Waals surface area contributed by atoms with Gasteiger partial charge in [-0.3, -0.25) is 4.68 Å². The number of nitrogens with zero attached hydrogens (tertiary/aromatic N) is 2. The number of halogens is 2. The first kappa shape index (κ1) is 15.7. The summed E-state index contributed by atoms with van der Waals surface area (Å²) in [5.74, 6) is 0. The Hall–Kier alpha value is -0.650. The van der Waals surface area contributed by atoms with Gasteiger partial charge in [0.2, 0.25) is 0 Å².